The normalized spacial score (nSPS) is 19.3. The lowest BCUT2D eigenvalue weighted by Crippen LogP contribution is -2.34. The average molecular weight is 375 g/mol. The molecule has 2 aliphatic rings. The van der Waals surface area contributed by atoms with E-state index in [0.717, 1.165) is 43.0 Å². The van der Waals surface area contributed by atoms with Crippen molar-refractivity contribution in [3.05, 3.63) is 51.8 Å². The quantitative estimate of drug-likeness (QED) is 0.895. The van der Waals surface area contributed by atoms with Crippen molar-refractivity contribution in [1.82, 2.24) is 10.3 Å². The van der Waals surface area contributed by atoms with Gasteiger partial charge in [0.1, 0.15) is 13.2 Å². The number of ether oxygens (including phenoxy) is 2. The van der Waals surface area contributed by atoms with Crippen molar-refractivity contribution in [3.63, 3.8) is 0 Å². The first-order valence-corrected chi connectivity index (χ1v) is 8.82. The van der Waals surface area contributed by atoms with Crippen molar-refractivity contribution in [1.29, 1.82) is 0 Å². The van der Waals surface area contributed by atoms with E-state index in [2.05, 4.69) is 44.4 Å². The second kappa shape index (κ2) is 6.49. The Morgan fingerprint density at radius 2 is 2.00 bits per heavy atom. The van der Waals surface area contributed by atoms with Crippen LogP contribution in [0.2, 0.25) is 0 Å². The van der Waals surface area contributed by atoms with Crippen LogP contribution >= 0.6 is 15.9 Å². The van der Waals surface area contributed by atoms with Crippen LogP contribution in [0.4, 0.5) is 0 Å². The fraction of sp³-hybridized carbons (Fsp3) is 0.389. The van der Waals surface area contributed by atoms with E-state index in [1.54, 1.807) is 6.20 Å². The number of nitrogens with zero attached hydrogens (tertiary/aromatic N) is 1. The summed E-state index contributed by atoms with van der Waals surface area (Å²) in [6, 6.07) is 9.08. The van der Waals surface area contributed by atoms with Crippen molar-refractivity contribution in [2.75, 3.05) is 13.2 Å². The van der Waals surface area contributed by atoms with E-state index in [1.165, 1.54) is 15.6 Å². The molecule has 2 aromatic rings. The van der Waals surface area contributed by atoms with Gasteiger partial charge in [0.15, 0.2) is 11.5 Å². The summed E-state index contributed by atoms with van der Waals surface area (Å²) in [7, 11) is 0. The minimum Gasteiger partial charge on any atom is -0.486 e. The second-order valence-electron chi connectivity index (χ2n) is 6.05. The molecule has 1 aromatic carbocycles. The standard InChI is InChI=1S/C18H19BrN2O2/c19-14-3-1-13-8-15(4-2-12(13)7-14)20-10-16-9-17-18(11-21-16)23-6-5-22-17/h1,3,7,9,11,15,20H,2,4-6,8,10H2. The molecule has 23 heavy (non-hydrogen) atoms. The molecule has 0 fully saturated rings. The van der Waals surface area contributed by atoms with Gasteiger partial charge in [0.25, 0.3) is 0 Å². The number of aromatic nitrogens is 1. The Bertz CT molecular complexity index is 720. The topological polar surface area (TPSA) is 43.4 Å². The van der Waals surface area contributed by atoms with Gasteiger partial charge >= 0.3 is 0 Å². The van der Waals surface area contributed by atoms with Gasteiger partial charge in [-0.05, 0) is 42.5 Å². The molecule has 120 valence electrons. The molecule has 0 saturated carbocycles. The number of nitrogens with one attached hydrogen (secondary N) is 1. The third-order valence-electron chi connectivity index (χ3n) is 4.46. The summed E-state index contributed by atoms with van der Waals surface area (Å²) >= 11 is 3.55. The summed E-state index contributed by atoms with van der Waals surface area (Å²) < 4.78 is 12.3. The number of benzene rings is 1. The Morgan fingerprint density at radius 3 is 2.91 bits per heavy atom. The van der Waals surface area contributed by atoms with E-state index in [0.29, 0.717) is 19.3 Å². The number of hydrogen-bond donors (Lipinski definition) is 1. The first kappa shape index (κ1) is 15.0. The Labute approximate surface area is 144 Å². The SMILES string of the molecule is Brc1ccc2c(c1)CCC(NCc1cc3c(cn1)OCCO3)C2. The van der Waals surface area contributed by atoms with Crippen LogP contribution in [0.5, 0.6) is 11.5 Å². The smallest absolute Gasteiger partial charge is 0.179 e. The van der Waals surface area contributed by atoms with Crippen LogP contribution in [0.3, 0.4) is 0 Å². The first-order chi connectivity index (χ1) is 11.3. The number of halogens is 1. The van der Waals surface area contributed by atoms with E-state index < -0.39 is 0 Å². The third kappa shape index (κ3) is 3.35. The molecule has 0 bridgehead atoms. The summed E-state index contributed by atoms with van der Waals surface area (Å²) in [5.41, 5.74) is 3.91. The lowest BCUT2D eigenvalue weighted by Gasteiger charge is -2.26. The summed E-state index contributed by atoms with van der Waals surface area (Å²) in [6.07, 6.45) is 5.13. The number of aryl methyl sites for hydroxylation is 1. The van der Waals surface area contributed by atoms with Crippen LogP contribution in [-0.4, -0.2) is 24.2 Å². The van der Waals surface area contributed by atoms with Crippen molar-refractivity contribution in [2.45, 2.75) is 31.8 Å². The van der Waals surface area contributed by atoms with Crippen LogP contribution in [0.15, 0.2) is 34.9 Å². The molecule has 0 radical (unpaired) electrons. The highest BCUT2D eigenvalue weighted by molar-refractivity contribution is 9.10. The molecule has 2 heterocycles. The van der Waals surface area contributed by atoms with Crippen molar-refractivity contribution in [3.8, 4) is 11.5 Å². The second-order valence-corrected chi connectivity index (χ2v) is 6.97. The summed E-state index contributed by atoms with van der Waals surface area (Å²) in [4.78, 5) is 4.46. The molecule has 1 atom stereocenters. The molecule has 0 amide bonds. The molecular weight excluding hydrogens is 356 g/mol. The zero-order chi connectivity index (χ0) is 15.6. The molecule has 1 N–H and O–H groups in total. The van der Waals surface area contributed by atoms with Gasteiger partial charge in [0, 0.05) is 23.1 Å². The van der Waals surface area contributed by atoms with Gasteiger partial charge in [-0.1, -0.05) is 22.0 Å². The number of rotatable bonds is 3. The van der Waals surface area contributed by atoms with E-state index in [-0.39, 0.29) is 0 Å². The van der Waals surface area contributed by atoms with Crippen LogP contribution in [0, 0.1) is 0 Å². The highest BCUT2D eigenvalue weighted by atomic mass is 79.9. The number of hydrogen-bond acceptors (Lipinski definition) is 4. The third-order valence-corrected chi connectivity index (χ3v) is 4.95. The number of fused-ring (bicyclic) bond motifs is 2. The molecule has 5 heteroatoms. The molecule has 4 rings (SSSR count). The maximum absolute atomic E-state index is 5.62. The van der Waals surface area contributed by atoms with Gasteiger partial charge in [-0.15, -0.1) is 0 Å². The Morgan fingerprint density at radius 1 is 1.13 bits per heavy atom. The van der Waals surface area contributed by atoms with Gasteiger partial charge in [-0.25, -0.2) is 0 Å². The zero-order valence-electron chi connectivity index (χ0n) is 12.8. The number of pyridine rings is 1. The fourth-order valence-corrected chi connectivity index (χ4v) is 3.64. The van der Waals surface area contributed by atoms with Crippen LogP contribution in [0.25, 0.3) is 0 Å². The van der Waals surface area contributed by atoms with Crippen molar-refractivity contribution >= 4 is 15.9 Å². The minimum atomic E-state index is 0.499. The van der Waals surface area contributed by atoms with E-state index in [4.69, 9.17) is 9.47 Å². The molecule has 1 aromatic heterocycles. The van der Waals surface area contributed by atoms with Gasteiger partial charge in [0.05, 0.1) is 11.9 Å². The molecule has 4 nitrogen and oxygen atoms in total. The predicted molar refractivity (Wildman–Crippen MR) is 92.0 cm³/mol. The average Bonchev–Trinajstić information content (AvgIpc) is 2.59. The van der Waals surface area contributed by atoms with Gasteiger partial charge in [0.2, 0.25) is 0 Å². The van der Waals surface area contributed by atoms with E-state index in [1.807, 2.05) is 6.07 Å². The van der Waals surface area contributed by atoms with Crippen molar-refractivity contribution < 1.29 is 9.47 Å². The predicted octanol–water partition coefficient (Wildman–Crippen LogP) is 3.26. The Kier molecular flexibility index (Phi) is 4.23. The molecule has 1 aliphatic carbocycles. The van der Waals surface area contributed by atoms with E-state index in [9.17, 15) is 0 Å². The molecular formula is C18H19BrN2O2. The van der Waals surface area contributed by atoms with Crippen LogP contribution in [-0.2, 0) is 19.4 Å². The van der Waals surface area contributed by atoms with Crippen molar-refractivity contribution in [2.24, 2.45) is 0 Å². The molecule has 0 spiro atoms. The van der Waals surface area contributed by atoms with Gasteiger partial charge in [-0.2, -0.15) is 0 Å². The molecule has 1 unspecified atom stereocenters. The maximum Gasteiger partial charge on any atom is 0.179 e. The summed E-state index contributed by atoms with van der Waals surface area (Å²) in [5, 5.41) is 3.63. The molecule has 0 saturated heterocycles. The lowest BCUT2D eigenvalue weighted by molar-refractivity contribution is 0.170. The van der Waals surface area contributed by atoms with E-state index >= 15 is 0 Å². The fourth-order valence-electron chi connectivity index (χ4n) is 3.23. The van der Waals surface area contributed by atoms with Gasteiger partial charge in [-0.3, -0.25) is 4.98 Å². The highest BCUT2D eigenvalue weighted by Crippen LogP contribution is 2.29. The highest BCUT2D eigenvalue weighted by Gasteiger charge is 2.19. The molecule has 1 aliphatic heterocycles. The largest absolute Gasteiger partial charge is 0.486 e. The first-order valence-electron chi connectivity index (χ1n) is 8.03. The lowest BCUT2D eigenvalue weighted by atomic mass is 9.88. The maximum atomic E-state index is 5.62. The zero-order valence-corrected chi connectivity index (χ0v) is 14.4. The summed E-state index contributed by atoms with van der Waals surface area (Å²) in [6.45, 7) is 1.97. The minimum absolute atomic E-state index is 0.499. The van der Waals surface area contributed by atoms with Crippen LogP contribution < -0.4 is 14.8 Å². The Hall–Kier alpha value is -1.59. The van der Waals surface area contributed by atoms with Gasteiger partial charge < -0.3 is 14.8 Å². The van der Waals surface area contributed by atoms with Crippen LogP contribution in [0.1, 0.15) is 23.2 Å². The monoisotopic (exact) mass is 374 g/mol. The summed E-state index contributed by atoms with van der Waals surface area (Å²) in [5.74, 6) is 1.55. The Balaban J connectivity index is 1.39.